The Morgan fingerprint density at radius 3 is 2.19 bits per heavy atom. The van der Waals surface area contributed by atoms with Crippen LogP contribution in [0.25, 0.3) is 0 Å². The molecule has 27 heavy (non-hydrogen) atoms. The number of rotatable bonds is 8. The molecule has 0 radical (unpaired) electrons. The molecule has 1 unspecified atom stereocenters. The highest BCUT2D eigenvalue weighted by atomic mass is 127. The Morgan fingerprint density at radius 1 is 0.963 bits per heavy atom. The fourth-order valence-electron chi connectivity index (χ4n) is 2.84. The van der Waals surface area contributed by atoms with Crippen LogP contribution in [0.1, 0.15) is 30.0 Å². The van der Waals surface area contributed by atoms with Gasteiger partial charge in [-0.3, -0.25) is 4.99 Å². The third-order valence-corrected chi connectivity index (χ3v) is 4.30. The van der Waals surface area contributed by atoms with Gasteiger partial charge in [0.25, 0.3) is 0 Å². The molecule has 0 fully saturated rings. The van der Waals surface area contributed by atoms with Gasteiger partial charge in [0.1, 0.15) is 0 Å². The zero-order chi connectivity index (χ0) is 18.8. The van der Waals surface area contributed by atoms with Crippen molar-refractivity contribution in [2.24, 2.45) is 4.99 Å². The second-order valence-corrected chi connectivity index (χ2v) is 7.05. The molecule has 0 saturated carbocycles. The lowest BCUT2D eigenvalue weighted by molar-refractivity contribution is 0.402. The van der Waals surface area contributed by atoms with Gasteiger partial charge in [-0.2, -0.15) is 0 Å². The zero-order valence-electron chi connectivity index (χ0n) is 16.9. The predicted molar refractivity (Wildman–Crippen MR) is 127 cm³/mol. The first-order valence-electron chi connectivity index (χ1n) is 9.30. The molecule has 0 saturated heterocycles. The van der Waals surface area contributed by atoms with Gasteiger partial charge in [0.2, 0.25) is 0 Å². The molecule has 0 aliphatic heterocycles. The Hall–Kier alpha value is -1.60. The Balaban J connectivity index is 0.00000364. The van der Waals surface area contributed by atoms with Gasteiger partial charge >= 0.3 is 0 Å². The van der Waals surface area contributed by atoms with Crippen molar-refractivity contribution in [2.75, 3.05) is 21.1 Å². The Bertz CT molecular complexity index is 668. The average Bonchev–Trinajstić information content (AvgIpc) is 2.65. The molecule has 0 aromatic heterocycles. The molecule has 0 amide bonds. The van der Waals surface area contributed by atoms with Crippen molar-refractivity contribution in [2.45, 2.75) is 38.9 Å². The van der Waals surface area contributed by atoms with Crippen LogP contribution in [0.3, 0.4) is 0 Å². The van der Waals surface area contributed by atoms with E-state index in [9.17, 15) is 0 Å². The van der Waals surface area contributed by atoms with Crippen LogP contribution in [0.2, 0.25) is 0 Å². The number of hydrogen-bond donors (Lipinski definition) is 2. The lowest BCUT2D eigenvalue weighted by Crippen LogP contribution is -2.42. The van der Waals surface area contributed by atoms with Gasteiger partial charge in [0, 0.05) is 26.2 Å². The molecule has 2 N–H and O–H groups in total. The molecule has 148 valence electrons. The quantitative estimate of drug-likeness (QED) is 0.340. The topological polar surface area (TPSA) is 39.7 Å². The number of benzene rings is 2. The van der Waals surface area contributed by atoms with Crippen molar-refractivity contribution >= 4 is 29.9 Å². The summed E-state index contributed by atoms with van der Waals surface area (Å²) in [5.41, 5.74) is 3.96. The zero-order valence-corrected chi connectivity index (χ0v) is 19.2. The first-order valence-corrected chi connectivity index (χ1v) is 9.30. The molecular weight excluding hydrogens is 447 g/mol. The third kappa shape index (κ3) is 9.24. The van der Waals surface area contributed by atoms with E-state index >= 15 is 0 Å². The lowest BCUT2D eigenvalue weighted by atomic mass is 10.1. The van der Waals surface area contributed by atoms with Crippen molar-refractivity contribution in [1.82, 2.24) is 15.5 Å². The number of guanidine groups is 1. The highest BCUT2D eigenvalue weighted by Gasteiger charge is 2.06. The minimum atomic E-state index is 0. The summed E-state index contributed by atoms with van der Waals surface area (Å²) >= 11 is 0. The molecule has 4 nitrogen and oxygen atoms in total. The fourth-order valence-corrected chi connectivity index (χ4v) is 2.84. The summed E-state index contributed by atoms with van der Waals surface area (Å²) in [4.78, 5) is 6.52. The van der Waals surface area contributed by atoms with Crippen LogP contribution in [-0.2, 0) is 19.5 Å². The molecular formula is C22H33IN4. The van der Waals surface area contributed by atoms with Crippen LogP contribution < -0.4 is 10.6 Å². The lowest BCUT2D eigenvalue weighted by Gasteiger charge is -2.18. The van der Waals surface area contributed by atoms with Crippen molar-refractivity contribution in [3.63, 3.8) is 0 Å². The van der Waals surface area contributed by atoms with E-state index in [0.717, 1.165) is 31.9 Å². The van der Waals surface area contributed by atoms with E-state index in [2.05, 4.69) is 96.1 Å². The Kier molecular flexibility index (Phi) is 11.0. The molecule has 0 heterocycles. The normalized spacial score (nSPS) is 12.4. The molecule has 2 aromatic carbocycles. The highest BCUT2D eigenvalue weighted by Crippen LogP contribution is 2.07. The maximum Gasteiger partial charge on any atom is 0.191 e. The summed E-state index contributed by atoms with van der Waals surface area (Å²) in [6, 6.07) is 19.7. The van der Waals surface area contributed by atoms with Crippen LogP contribution >= 0.6 is 24.0 Å². The second kappa shape index (κ2) is 12.7. The van der Waals surface area contributed by atoms with E-state index < -0.39 is 0 Å². The van der Waals surface area contributed by atoms with Gasteiger partial charge in [0.05, 0.1) is 0 Å². The van der Waals surface area contributed by atoms with Crippen LogP contribution in [0.5, 0.6) is 0 Å². The van der Waals surface area contributed by atoms with E-state index in [1.165, 1.54) is 16.7 Å². The van der Waals surface area contributed by atoms with E-state index in [4.69, 9.17) is 0 Å². The van der Waals surface area contributed by atoms with Crippen molar-refractivity contribution in [1.29, 1.82) is 0 Å². The molecule has 1 atom stereocenters. The van der Waals surface area contributed by atoms with Gasteiger partial charge in [-0.15, -0.1) is 24.0 Å². The van der Waals surface area contributed by atoms with E-state index in [0.29, 0.717) is 6.04 Å². The van der Waals surface area contributed by atoms with E-state index in [-0.39, 0.29) is 24.0 Å². The second-order valence-electron chi connectivity index (χ2n) is 7.05. The fraction of sp³-hybridized carbons (Fsp3) is 0.409. The highest BCUT2D eigenvalue weighted by molar-refractivity contribution is 14.0. The summed E-state index contributed by atoms with van der Waals surface area (Å²) in [7, 11) is 5.99. The first-order chi connectivity index (χ1) is 12.6. The minimum absolute atomic E-state index is 0. The van der Waals surface area contributed by atoms with Gasteiger partial charge in [-0.1, -0.05) is 54.6 Å². The predicted octanol–water partition coefficient (Wildman–Crippen LogP) is 4.05. The van der Waals surface area contributed by atoms with Gasteiger partial charge in [-0.25, -0.2) is 0 Å². The molecule has 5 heteroatoms. The largest absolute Gasteiger partial charge is 0.354 e. The summed E-state index contributed by atoms with van der Waals surface area (Å²) in [5, 5.41) is 6.88. The van der Waals surface area contributed by atoms with Crippen LogP contribution in [0, 0.1) is 0 Å². The molecule has 0 aliphatic carbocycles. The smallest absolute Gasteiger partial charge is 0.191 e. The van der Waals surface area contributed by atoms with E-state index in [1.54, 1.807) is 0 Å². The maximum atomic E-state index is 4.34. The van der Waals surface area contributed by atoms with Gasteiger partial charge in [0.15, 0.2) is 5.96 Å². The third-order valence-electron chi connectivity index (χ3n) is 4.30. The summed E-state index contributed by atoms with van der Waals surface area (Å²) in [6.07, 6.45) is 2.14. The molecule has 0 bridgehead atoms. The molecule has 0 spiro atoms. The van der Waals surface area contributed by atoms with Gasteiger partial charge in [-0.05, 0) is 50.6 Å². The molecule has 0 aliphatic rings. The maximum absolute atomic E-state index is 4.34. The standard InChI is InChI=1S/C22H32N4.HI/c1-18(10-11-19-8-6-5-7-9-19)25-22(23-2)24-16-20-12-14-21(15-13-20)17-26(3)4;/h5-9,12-15,18H,10-11,16-17H2,1-4H3,(H2,23,24,25);1H. The van der Waals surface area contributed by atoms with Crippen molar-refractivity contribution in [3.05, 3.63) is 71.3 Å². The first kappa shape index (κ1) is 23.4. The monoisotopic (exact) mass is 480 g/mol. The van der Waals surface area contributed by atoms with Crippen molar-refractivity contribution in [3.8, 4) is 0 Å². The van der Waals surface area contributed by atoms with E-state index in [1.807, 2.05) is 7.05 Å². The number of nitrogens with zero attached hydrogens (tertiary/aromatic N) is 2. The Labute approximate surface area is 181 Å². The summed E-state index contributed by atoms with van der Waals surface area (Å²) in [6.45, 7) is 3.94. The SMILES string of the molecule is CN=C(NCc1ccc(CN(C)C)cc1)NC(C)CCc1ccccc1.I. The number of nitrogens with one attached hydrogen (secondary N) is 2. The summed E-state index contributed by atoms with van der Waals surface area (Å²) in [5.74, 6) is 0.850. The molecule has 2 rings (SSSR count). The van der Waals surface area contributed by atoms with Gasteiger partial charge < -0.3 is 15.5 Å². The van der Waals surface area contributed by atoms with Crippen molar-refractivity contribution < 1.29 is 0 Å². The van der Waals surface area contributed by atoms with Crippen LogP contribution in [0.4, 0.5) is 0 Å². The number of aryl methyl sites for hydroxylation is 1. The Morgan fingerprint density at radius 2 is 1.59 bits per heavy atom. The number of aliphatic imine (C=N–C) groups is 1. The van der Waals surface area contributed by atoms with Crippen LogP contribution in [-0.4, -0.2) is 38.0 Å². The number of hydrogen-bond acceptors (Lipinski definition) is 2. The molecule has 2 aromatic rings. The van der Waals surface area contributed by atoms with Crippen LogP contribution in [0.15, 0.2) is 59.6 Å². The number of halogens is 1. The minimum Gasteiger partial charge on any atom is -0.354 e. The average molecular weight is 480 g/mol. The summed E-state index contributed by atoms with van der Waals surface area (Å²) < 4.78 is 0.